The maximum absolute atomic E-state index is 13.5. The zero-order valence-corrected chi connectivity index (χ0v) is 17.0. The number of halogens is 2. The molecule has 152 valence electrons. The number of carbonyl (C=O) groups is 2. The van der Waals surface area contributed by atoms with E-state index in [2.05, 4.69) is 0 Å². The molecule has 7 heteroatoms. The fourth-order valence-electron chi connectivity index (χ4n) is 3.40. The molecule has 0 spiro atoms. The Balaban J connectivity index is 2.14. The van der Waals surface area contributed by atoms with Gasteiger partial charge in [0.25, 0.3) is 5.91 Å². The van der Waals surface area contributed by atoms with Gasteiger partial charge in [0.1, 0.15) is 11.6 Å². The number of amides is 1. The lowest BCUT2D eigenvalue weighted by atomic mass is 9.92. The molecular formula is C22H21ClFNO4. The molecule has 0 saturated heterocycles. The third-order valence-electron chi connectivity index (χ3n) is 4.70. The molecule has 0 fully saturated rings. The number of rotatable bonds is 6. The number of ketones is 1. The van der Waals surface area contributed by atoms with Gasteiger partial charge in [0.2, 0.25) is 0 Å². The summed E-state index contributed by atoms with van der Waals surface area (Å²) in [5, 5.41) is 10.8. The topological polar surface area (TPSA) is 66.8 Å². The lowest BCUT2D eigenvalue weighted by molar-refractivity contribution is -0.118. The van der Waals surface area contributed by atoms with Crippen molar-refractivity contribution in [1.82, 2.24) is 0 Å². The van der Waals surface area contributed by atoms with Crippen molar-refractivity contribution < 1.29 is 23.8 Å². The fourth-order valence-corrected chi connectivity index (χ4v) is 3.65. The van der Waals surface area contributed by atoms with Gasteiger partial charge in [0, 0.05) is 12.1 Å². The zero-order chi connectivity index (χ0) is 21.3. The van der Waals surface area contributed by atoms with Crippen LogP contribution in [0.15, 0.2) is 53.8 Å². The Morgan fingerprint density at radius 3 is 2.45 bits per heavy atom. The molecule has 0 bridgehead atoms. The van der Waals surface area contributed by atoms with Gasteiger partial charge in [0.15, 0.2) is 11.5 Å². The van der Waals surface area contributed by atoms with Crippen molar-refractivity contribution in [2.45, 2.75) is 26.3 Å². The van der Waals surface area contributed by atoms with E-state index in [1.54, 1.807) is 12.1 Å². The maximum Gasteiger partial charge on any atom is 0.294 e. The standard InChI is InChI=1S/C22H21ClFNO4/c1-12(2)10-17(26)19-20(13-4-6-14(24)7-5-13)25(22(28)21(19)27)15-8-9-18(29-3)16(23)11-15/h4-9,11-12,20,27H,10H2,1-3H3. The second kappa shape index (κ2) is 8.25. The van der Waals surface area contributed by atoms with Crippen LogP contribution in [0.4, 0.5) is 10.1 Å². The third-order valence-corrected chi connectivity index (χ3v) is 5.00. The summed E-state index contributed by atoms with van der Waals surface area (Å²) < 4.78 is 18.6. The van der Waals surface area contributed by atoms with Crippen LogP contribution in [0, 0.1) is 11.7 Å². The molecule has 2 aromatic carbocycles. The van der Waals surface area contributed by atoms with E-state index in [9.17, 15) is 19.1 Å². The van der Waals surface area contributed by atoms with Crippen LogP contribution in [0.25, 0.3) is 0 Å². The molecule has 1 aliphatic heterocycles. The predicted octanol–water partition coefficient (Wildman–Crippen LogP) is 5.00. The summed E-state index contributed by atoms with van der Waals surface area (Å²) >= 11 is 6.22. The summed E-state index contributed by atoms with van der Waals surface area (Å²) in [4.78, 5) is 27.1. The smallest absolute Gasteiger partial charge is 0.294 e. The van der Waals surface area contributed by atoms with E-state index < -0.39 is 23.5 Å². The number of methoxy groups -OCH3 is 1. The first-order valence-electron chi connectivity index (χ1n) is 9.13. The molecular weight excluding hydrogens is 397 g/mol. The van der Waals surface area contributed by atoms with E-state index in [1.165, 1.54) is 42.3 Å². The van der Waals surface area contributed by atoms with E-state index in [0.29, 0.717) is 17.0 Å². The van der Waals surface area contributed by atoms with Crippen LogP contribution in [0.3, 0.4) is 0 Å². The normalized spacial score (nSPS) is 16.7. The SMILES string of the molecule is COc1ccc(N2C(=O)C(O)=C(C(=O)CC(C)C)C2c2ccc(F)cc2)cc1Cl. The first-order valence-corrected chi connectivity index (χ1v) is 9.51. The van der Waals surface area contributed by atoms with Gasteiger partial charge in [-0.05, 0) is 41.8 Å². The number of nitrogens with zero attached hydrogens (tertiary/aromatic N) is 1. The van der Waals surface area contributed by atoms with Crippen LogP contribution in [-0.4, -0.2) is 23.9 Å². The molecule has 0 aromatic heterocycles. The molecule has 1 N–H and O–H groups in total. The number of hydrogen-bond acceptors (Lipinski definition) is 4. The number of anilines is 1. The molecule has 0 radical (unpaired) electrons. The van der Waals surface area contributed by atoms with Crippen LogP contribution in [-0.2, 0) is 9.59 Å². The number of hydrogen-bond donors (Lipinski definition) is 1. The highest BCUT2D eigenvalue weighted by Gasteiger charge is 2.44. The maximum atomic E-state index is 13.5. The number of carbonyl (C=O) groups excluding carboxylic acids is 2. The van der Waals surface area contributed by atoms with Gasteiger partial charge in [0.05, 0.1) is 23.7 Å². The second-order valence-corrected chi connectivity index (χ2v) is 7.64. The Labute approximate surface area is 173 Å². The van der Waals surface area contributed by atoms with Gasteiger partial charge in [-0.15, -0.1) is 0 Å². The zero-order valence-electron chi connectivity index (χ0n) is 16.3. The molecule has 1 unspecified atom stereocenters. The molecule has 1 atom stereocenters. The van der Waals surface area contributed by atoms with Gasteiger partial charge in [-0.2, -0.15) is 0 Å². The average Bonchev–Trinajstić information content (AvgIpc) is 2.93. The van der Waals surface area contributed by atoms with Crippen LogP contribution in [0.1, 0.15) is 31.9 Å². The Bertz CT molecular complexity index is 985. The summed E-state index contributed by atoms with van der Waals surface area (Å²) in [5.41, 5.74) is 0.888. The largest absolute Gasteiger partial charge is 0.503 e. The first kappa shape index (κ1) is 20.9. The first-order chi connectivity index (χ1) is 13.7. The quantitative estimate of drug-likeness (QED) is 0.718. The van der Waals surface area contributed by atoms with Crippen LogP contribution < -0.4 is 9.64 Å². The van der Waals surface area contributed by atoms with Crippen LogP contribution in [0.5, 0.6) is 5.75 Å². The highest BCUT2D eigenvalue weighted by Crippen LogP contribution is 2.43. The average molecular weight is 418 g/mol. The number of aliphatic hydroxyl groups is 1. The minimum absolute atomic E-state index is 0.00208. The summed E-state index contributed by atoms with van der Waals surface area (Å²) in [7, 11) is 1.47. The molecule has 1 amide bonds. The summed E-state index contributed by atoms with van der Waals surface area (Å²) in [6.45, 7) is 3.75. The molecule has 29 heavy (non-hydrogen) atoms. The van der Waals surface area contributed by atoms with Crippen molar-refractivity contribution >= 4 is 29.0 Å². The van der Waals surface area contributed by atoms with Crippen molar-refractivity contribution in [3.05, 3.63) is 70.2 Å². The number of benzene rings is 2. The van der Waals surface area contributed by atoms with Crippen molar-refractivity contribution in [3.63, 3.8) is 0 Å². The van der Waals surface area contributed by atoms with Gasteiger partial charge in [-0.1, -0.05) is 37.6 Å². The highest BCUT2D eigenvalue weighted by atomic mass is 35.5. The van der Waals surface area contributed by atoms with Crippen LogP contribution >= 0.6 is 11.6 Å². The van der Waals surface area contributed by atoms with Crippen molar-refractivity contribution in [2.24, 2.45) is 5.92 Å². The van der Waals surface area contributed by atoms with E-state index in [1.807, 2.05) is 13.8 Å². The van der Waals surface area contributed by atoms with E-state index in [-0.39, 0.29) is 28.7 Å². The number of aliphatic hydroxyl groups excluding tert-OH is 1. The second-order valence-electron chi connectivity index (χ2n) is 7.23. The molecule has 3 rings (SSSR count). The van der Waals surface area contributed by atoms with E-state index >= 15 is 0 Å². The molecule has 0 aliphatic carbocycles. The monoisotopic (exact) mass is 417 g/mol. The lowest BCUT2D eigenvalue weighted by Crippen LogP contribution is -2.31. The Hall–Kier alpha value is -2.86. The van der Waals surface area contributed by atoms with E-state index in [4.69, 9.17) is 16.3 Å². The van der Waals surface area contributed by atoms with Crippen molar-refractivity contribution in [3.8, 4) is 5.75 Å². The van der Waals surface area contributed by atoms with Gasteiger partial charge >= 0.3 is 0 Å². The minimum Gasteiger partial charge on any atom is -0.503 e. The number of Topliss-reactive ketones (excluding diaryl/α,β-unsaturated/α-hetero) is 1. The Morgan fingerprint density at radius 2 is 1.90 bits per heavy atom. The lowest BCUT2D eigenvalue weighted by Gasteiger charge is -2.27. The Kier molecular flexibility index (Phi) is 5.94. The van der Waals surface area contributed by atoms with Gasteiger partial charge < -0.3 is 9.84 Å². The molecule has 1 heterocycles. The van der Waals surface area contributed by atoms with E-state index in [0.717, 1.165) is 0 Å². The summed E-state index contributed by atoms with van der Waals surface area (Å²) in [6, 6.07) is 9.33. The van der Waals surface area contributed by atoms with Crippen molar-refractivity contribution in [1.29, 1.82) is 0 Å². The van der Waals surface area contributed by atoms with Crippen LogP contribution in [0.2, 0.25) is 5.02 Å². The number of ether oxygens (including phenoxy) is 1. The molecule has 2 aromatic rings. The summed E-state index contributed by atoms with van der Waals surface area (Å²) in [6.07, 6.45) is 0.168. The molecule has 1 aliphatic rings. The van der Waals surface area contributed by atoms with Gasteiger partial charge in [-0.3, -0.25) is 14.5 Å². The summed E-state index contributed by atoms with van der Waals surface area (Å²) in [5.74, 6) is -1.63. The predicted molar refractivity (Wildman–Crippen MR) is 109 cm³/mol. The third kappa shape index (κ3) is 3.98. The molecule has 0 saturated carbocycles. The fraction of sp³-hybridized carbons (Fsp3) is 0.273. The minimum atomic E-state index is -0.890. The molecule has 5 nitrogen and oxygen atoms in total. The van der Waals surface area contributed by atoms with Gasteiger partial charge in [-0.25, -0.2) is 4.39 Å². The Morgan fingerprint density at radius 1 is 1.24 bits per heavy atom. The highest BCUT2D eigenvalue weighted by molar-refractivity contribution is 6.32. The van der Waals surface area contributed by atoms with Crippen molar-refractivity contribution in [2.75, 3.05) is 12.0 Å².